The number of aliphatic carboxylic acids is 2. The lowest BCUT2D eigenvalue weighted by atomic mass is 9.89. The van der Waals surface area contributed by atoms with E-state index in [0.717, 1.165) is 18.9 Å². The zero-order chi connectivity index (χ0) is 16.2. The summed E-state index contributed by atoms with van der Waals surface area (Å²) in [5.74, 6) is -2.70. The number of benzene rings is 1. The largest absolute Gasteiger partial charge is 0.473 e. The average Bonchev–Trinajstić information content (AvgIpc) is 2.54. The van der Waals surface area contributed by atoms with Crippen molar-refractivity contribution in [2.75, 3.05) is 13.1 Å². The summed E-state index contributed by atoms with van der Waals surface area (Å²) in [4.78, 5) is 18.2. The van der Waals surface area contributed by atoms with Gasteiger partial charge >= 0.3 is 11.9 Å². The molecule has 1 saturated carbocycles. The van der Waals surface area contributed by atoms with Crippen molar-refractivity contribution in [1.29, 1.82) is 0 Å². The molecule has 0 aromatic heterocycles. The summed E-state index contributed by atoms with van der Waals surface area (Å²) >= 11 is 0. The van der Waals surface area contributed by atoms with Gasteiger partial charge < -0.3 is 15.5 Å². The fraction of sp³-hybridized carbons (Fsp3) is 0.529. The molecule has 1 aliphatic rings. The minimum atomic E-state index is -1.82. The molecule has 1 aliphatic carbocycles. The lowest BCUT2D eigenvalue weighted by molar-refractivity contribution is -0.159. The van der Waals surface area contributed by atoms with Gasteiger partial charge in [-0.3, -0.25) is 0 Å². The lowest BCUT2D eigenvalue weighted by Gasteiger charge is -2.21. The molecule has 0 amide bonds. The molecule has 1 aromatic carbocycles. The number of hydrogen-bond acceptors (Lipinski definition) is 3. The summed E-state index contributed by atoms with van der Waals surface area (Å²) in [7, 11) is 0. The highest BCUT2D eigenvalue weighted by molar-refractivity contribution is 6.27. The van der Waals surface area contributed by atoms with Gasteiger partial charge in [0.15, 0.2) is 0 Å². The topological polar surface area (TPSA) is 86.6 Å². The van der Waals surface area contributed by atoms with E-state index in [1.165, 1.54) is 44.2 Å². The number of carboxylic acids is 2. The van der Waals surface area contributed by atoms with Crippen LogP contribution in [0.1, 0.15) is 37.7 Å². The van der Waals surface area contributed by atoms with Crippen LogP contribution in [-0.4, -0.2) is 35.2 Å². The number of rotatable bonds is 5. The molecular formula is C17H25NO4. The van der Waals surface area contributed by atoms with Crippen molar-refractivity contribution in [2.45, 2.75) is 38.5 Å². The van der Waals surface area contributed by atoms with Gasteiger partial charge in [0.2, 0.25) is 0 Å². The van der Waals surface area contributed by atoms with E-state index < -0.39 is 11.9 Å². The highest BCUT2D eigenvalue weighted by atomic mass is 16.4. The zero-order valence-electron chi connectivity index (χ0n) is 12.8. The Morgan fingerprint density at radius 2 is 1.59 bits per heavy atom. The molecular weight excluding hydrogens is 282 g/mol. The predicted octanol–water partition coefficient (Wildman–Crippen LogP) is 2.55. The average molecular weight is 307 g/mol. The van der Waals surface area contributed by atoms with Gasteiger partial charge in [0.25, 0.3) is 0 Å². The monoisotopic (exact) mass is 307 g/mol. The van der Waals surface area contributed by atoms with Crippen LogP contribution in [0.4, 0.5) is 0 Å². The van der Waals surface area contributed by atoms with E-state index >= 15 is 0 Å². The third-order valence-corrected chi connectivity index (χ3v) is 3.77. The minimum absolute atomic E-state index is 0.949. The Hall–Kier alpha value is -1.88. The fourth-order valence-electron chi connectivity index (χ4n) is 2.57. The van der Waals surface area contributed by atoms with Crippen LogP contribution in [0.15, 0.2) is 30.3 Å². The van der Waals surface area contributed by atoms with Gasteiger partial charge in [-0.2, -0.15) is 0 Å². The van der Waals surface area contributed by atoms with Gasteiger partial charge in [-0.15, -0.1) is 0 Å². The van der Waals surface area contributed by atoms with E-state index in [0.29, 0.717) is 0 Å². The van der Waals surface area contributed by atoms with E-state index in [-0.39, 0.29) is 0 Å². The Kier molecular flexibility index (Phi) is 8.91. The first kappa shape index (κ1) is 18.2. The molecule has 0 bridgehead atoms. The number of nitrogens with one attached hydrogen (secondary N) is 1. The van der Waals surface area contributed by atoms with E-state index in [2.05, 4.69) is 35.6 Å². The van der Waals surface area contributed by atoms with E-state index in [9.17, 15) is 0 Å². The molecule has 5 heteroatoms. The van der Waals surface area contributed by atoms with Crippen LogP contribution in [0.5, 0.6) is 0 Å². The van der Waals surface area contributed by atoms with Crippen LogP contribution in [0, 0.1) is 5.92 Å². The number of hydrogen-bond donors (Lipinski definition) is 3. The maximum Gasteiger partial charge on any atom is 0.414 e. The van der Waals surface area contributed by atoms with E-state index in [4.69, 9.17) is 19.8 Å². The quantitative estimate of drug-likeness (QED) is 0.575. The van der Waals surface area contributed by atoms with Crippen LogP contribution >= 0.6 is 0 Å². The molecule has 0 radical (unpaired) electrons. The van der Waals surface area contributed by atoms with Crippen molar-refractivity contribution < 1.29 is 19.8 Å². The van der Waals surface area contributed by atoms with E-state index in [1.54, 1.807) is 0 Å². The minimum Gasteiger partial charge on any atom is -0.473 e. The van der Waals surface area contributed by atoms with Gasteiger partial charge in [0, 0.05) is 0 Å². The normalized spacial score (nSPS) is 14.7. The molecule has 122 valence electrons. The SMILES string of the molecule is O=C(O)C(=O)O.c1ccc(CCNCC2CCCCC2)cc1. The van der Waals surface area contributed by atoms with Crippen molar-refractivity contribution >= 4 is 11.9 Å². The van der Waals surface area contributed by atoms with Crippen LogP contribution < -0.4 is 5.32 Å². The number of carboxylic acid groups (broad SMARTS) is 2. The van der Waals surface area contributed by atoms with Crippen molar-refractivity contribution in [1.82, 2.24) is 5.32 Å². The van der Waals surface area contributed by atoms with Crippen molar-refractivity contribution in [3.8, 4) is 0 Å². The molecule has 22 heavy (non-hydrogen) atoms. The summed E-state index contributed by atoms with van der Waals surface area (Å²) in [5.41, 5.74) is 1.44. The van der Waals surface area contributed by atoms with Gasteiger partial charge in [0.05, 0.1) is 0 Å². The molecule has 0 saturated heterocycles. The highest BCUT2D eigenvalue weighted by Crippen LogP contribution is 2.22. The fourth-order valence-corrected chi connectivity index (χ4v) is 2.57. The Balaban J connectivity index is 0.000000346. The molecule has 2 rings (SSSR count). The van der Waals surface area contributed by atoms with Crippen molar-refractivity contribution in [3.05, 3.63) is 35.9 Å². The third kappa shape index (κ3) is 8.42. The molecule has 0 spiro atoms. The summed E-state index contributed by atoms with van der Waals surface area (Å²) in [6.45, 7) is 2.35. The van der Waals surface area contributed by atoms with E-state index in [1.807, 2.05) is 0 Å². The maximum atomic E-state index is 9.10. The Labute approximate surface area is 131 Å². The molecule has 0 unspecified atom stereocenters. The summed E-state index contributed by atoms with van der Waals surface area (Å²) in [6.07, 6.45) is 8.40. The Bertz CT molecular complexity index is 429. The third-order valence-electron chi connectivity index (χ3n) is 3.77. The molecule has 0 heterocycles. The van der Waals surface area contributed by atoms with Crippen LogP contribution in [0.2, 0.25) is 0 Å². The van der Waals surface area contributed by atoms with Crippen molar-refractivity contribution in [3.63, 3.8) is 0 Å². The smallest absolute Gasteiger partial charge is 0.414 e. The first-order valence-corrected chi connectivity index (χ1v) is 7.80. The first-order valence-electron chi connectivity index (χ1n) is 7.80. The lowest BCUT2D eigenvalue weighted by Crippen LogP contribution is -2.26. The second-order valence-corrected chi connectivity index (χ2v) is 5.55. The standard InChI is InChI=1S/C15H23N.C2H2O4/c1-3-7-14(8-4-1)11-12-16-13-15-9-5-2-6-10-15;3-1(4)2(5)6/h1,3-4,7-8,15-16H,2,5-6,9-13H2;(H,3,4)(H,5,6). The molecule has 0 aliphatic heterocycles. The molecule has 1 aromatic rings. The van der Waals surface area contributed by atoms with Gasteiger partial charge in [0.1, 0.15) is 0 Å². The molecule has 0 atom stereocenters. The molecule has 5 nitrogen and oxygen atoms in total. The zero-order valence-corrected chi connectivity index (χ0v) is 12.8. The first-order chi connectivity index (χ1) is 10.6. The van der Waals surface area contributed by atoms with Crippen LogP contribution in [0.25, 0.3) is 0 Å². The predicted molar refractivity (Wildman–Crippen MR) is 84.9 cm³/mol. The molecule has 3 N–H and O–H groups in total. The number of carbonyl (C=O) groups is 2. The highest BCUT2D eigenvalue weighted by Gasteiger charge is 2.12. The second-order valence-electron chi connectivity index (χ2n) is 5.55. The summed E-state index contributed by atoms with van der Waals surface area (Å²) in [6, 6.07) is 10.7. The summed E-state index contributed by atoms with van der Waals surface area (Å²) in [5, 5.41) is 18.4. The van der Waals surface area contributed by atoms with Crippen LogP contribution in [0.3, 0.4) is 0 Å². The second kappa shape index (κ2) is 10.8. The Morgan fingerprint density at radius 1 is 1.00 bits per heavy atom. The van der Waals surface area contributed by atoms with Gasteiger partial charge in [-0.25, -0.2) is 9.59 Å². The van der Waals surface area contributed by atoms with Gasteiger partial charge in [-0.1, -0.05) is 49.6 Å². The molecule has 1 fully saturated rings. The van der Waals surface area contributed by atoms with Gasteiger partial charge in [-0.05, 0) is 43.8 Å². The Morgan fingerprint density at radius 3 is 2.14 bits per heavy atom. The summed E-state index contributed by atoms with van der Waals surface area (Å²) < 4.78 is 0. The van der Waals surface area contributed by atoms with Crippen molar-refractivity contribution in [2.24, 2.45) is 5.92 Å². The van der Waals surface area contributed by atoms with Crippen LogP contribution in [-0.2, 0) is 16.0 Å². The maximum absolute atomic E-state index is 9.10.